The number of nitrogens with one attached hydrogen (secondary N) is 1. The molecule has 31 heavy (non-hydrogen) atoms. The molecular formula is C25H34N4O2. The van der Waals surface area contributed by atoms with E-state index in [1.807, 2.05) is 44.7 Å². The van der Waals surface area contributed by atoms with E-state index in [0.717, 1.165) is 47.7 Å². The molecule has 1 saturated heterocycles. The number of aryl methyl sites for hydroxylation is 3. The molecule has 2 aromatic rings. The first-order valence-electron chi connectivity index (χ1n) is 11.3. The number of amides is 2. The highest BCUT2D eigenvalue weighted by atomic mass is 16.2. The summed E-state index contributed by atoms with van der Waals surface area (Å²) in [4.78, 5) is 36.6. The normalized spacial score (nSPS) is 17.3. The molecule has 0 aliphatic carbocycles. The lowest BCUT2D eigenvalue weighted by Gasteiger charge is -2.34. The van der Waals surface area contributed by atoms with Crippen molar-refractivity contribution in [3.63, 3.8) is 0 Å². The molecule has 166 valence electrons. The molecule has 0 radical (unpaired) electrons. The van der Waals surface area contributed by atoms with Gasteiger partial charge in [0.05, 0.1) is 12.3 Å². The van der Waals surface area contributed by atoms with Crippen LogP contribution >= 0.6 is 0 Å². The Hall–Kier alpha value is -2.76. The molecule has 3 rings (SSSR count). The number of piperidine rings is 1. The number of likely N-dealkylation sites (tertiary alicyclic amines) is 1. The van der Waals surface area contributed by atoms with Crippen LogP contribution in [0.25, 0.3) is 0 Å². The van der Waals surface area contributed by atoms with Gasteiger partial charge in [-0.2, -0.15) is 0 Å². The second-order valence-corrected chi connectivity index (χ2v) is 8.62. The van der Waals surface area contributed by atoms with Crippen LogP contribution in [0, 0.1) is 20.8 Å². The maximum Gasteiger partial charge on any atom is 0.229 e. The van der Waals surface area contributed by atoms with Crippen LogP contribution in [-0.4, -0.2) is 46.3 Å². The van der Waals surface area contributed by atoms with Crippen LogP contribution in [0.4, 0.5) is 0 Å². The molecule has 1 aromatic carbocycles. The van der Waals surface area contributed by atoms with Crippen molar-refractivity contribution in [2.75, 3.05) is 19.6 Å². The molecule has 0 spiro atoms. The molecule has 0 bridgehead atoms. The van der Waals surface area contributed by atoms with E-state index in [4.69, 9.17) is 9.97 Å². The monoisotopic (exact) mass is 422 g/mol. The summed E-state index contributed by atoms with van der Waals surface area (Å²) in [5.41, 5.74) is 4.84. The minimum Gasteiger partial charge on any atom is -0.356 e. The highest BCUT2D eigenvalue weighted by molar-refractivity contribution is 5.83. The van der Waals surface area contributed by atoms with Crippen molar-refractivity contribution in [1.29, 1.82) is 0 Å². The van der Waals surface area contributed by atoms with Crippen LogP contribution in [0.3, 0.4) is 0 Å². The summed E-state index contributed by atoms with van der Waals surface area (Å²) in [5, 5.41) is 2.83. The summed E-state index contributed by atoms with van der Waals surface area (Å²) < 4.78 is 0. The average molecular weight is 423 g/mol. The summed E-state index contributed by atoms with van der Waals surface area (Å²) in [7, 11) is 0. The van der Waals surface area contributed by atoms with E-state index < -0.39 is 0 Å². The van der Waals surface area contributed by atoms with Gasteiger partial charge < -0.3 is 10.2 Å². The second-order valence-electron chi connectivity index (χ2n) is 8.62. The van der Waals surface area contributed by atoms with Gasteiger partial charge in [-0.1, -0.05) is 29.8 Å². The Morgan fingerprint density at radius 2 is 1.77 bits per heavy atom. The van der Waals surface area contributed by atoms with E-state index in [1.165, 1.54) is 5.56 Å². The van der Waals surface area contributed by atoms with Gasteiger partial charge in [-0.3, -0.25) is 9.59 Å². The SMILES string of the molecule is CCNC(=O)Cc1c(C)nc([C@H]2CCCN(C(=O)[C@H](C)c3ccc(C)cc3)C2)nc1C. The van der Waals surface area contributed by atoms with Crippen molar-refractivity contribution < 1.29 is 9.59 Å². The van der Waals surface area contributed by atoms with E-state index in [0.29, 0.717) is 19.5 Å². The number of aromatic nitrogens is 2. The van der Waals surface area contributed by atoms with Crippen molar-refractivity contribution in [3.05, 3.63) is 58.2 Å². The van der Waals surface area contributed by atoms with E-state index >= 15 is 0 Å². The number of carbonyl (C=O) groups is 2. The van der Waals surface area contributed by atoms with Gasteiger partial charge in [0.25, 0.3) is 0 Å². The van der Waals surface area contributed by atoms with Gasteiger partial charge >= 0.3 is 0 Å². The molecular weight excluding hydrogens is 388 g/mol. The Bertz CT molecular complexity index is 916. The van der Waals surface area contributed by atoms with Crippen LogP contribution in [0.2, 0.25) is 0 Å². The van der Waals surface area contributed by atoms with Crippen molar-refractivity contribution in [1.82, 2.24) is 20.2 Å². The fourth-order valence-corrected chi connectivity index (χ4v) is 4.28. The highest BCUT2D eigenvalue weighted by Crippen LogP contribution is 2.28. The third-order valence-corrected chi connectivity index (χ3v) is 6.20. The number of likely N-dealkylation sites (N-methyl/N-ethyl adjacent to an activating group) is 1. The maximum absolute atomic E-state index is 13.2. The number of hydrogen-bond donors (Lipinski definition) is 1. The smallest absolute Gasteiger partial charge is 0.229 e. The predicted molar refractivity (Wildman–Crippen MR) is 122 cm³/mol. The van der Waals surface area contributed by atoms with Crippen LogP contribution in [0.1, 0.15) is 72.4 Å². The number of nitrogens with zero attached hydrogens (tertiary/aromatic N) is 3. The van der Waals surface area contributed by atoms with Gasteiger partial charge in [0.2, 0.25) is 11.8 Å². The Morgan fingerprint density at radius 1 is 1.13 bits per heavy atom. The number of carbonyl (C=O) groups excluding carboxylic acids is 2. The minimum atomic E-state index is -0.164. The molecule has 2 amide bonds. The molecule has 1 aliphatic rings. The fourth-order valence-electron chi connectivity index (χ4n) is 4.28. The van der Waals surface area contributed by atoms with E-state index in [1.54, 1.807) is 0 Å². The summed E-state index contributed by atoms with van der Waals surface area (Å²) in [6.45, 7) is 11.9. The minimum absolute atomic E-state index is 0.00965. The highest BCUT2D eigenvalue weighted by Gasteiger charge is 2.30. The first kappa shape index (κ1) is 22.9. The summed E-state index contributed by atoms with van der Waals surface area (Å²) in [6.07, 6.45) is 2.21. The van der Waals surface area contributed by atoms with Crippen molar-refractivity contribution in [2.45, 2.75) is 65.7 Å². The summed E-state index contributed by atoms with van der Waals surface area (Å²) >= 11 is 0. The Balaban J connectivity index is 1.73. The van der Waals surface area contributed by atoms with Crippen LogP contribution in [0.15, 0.2) is 24.3 Å². The van der Waals surface area contributed by atoms with Crippen LogP contribution in [-0.2, 0) is 16.0 Å². The van der Waals surface area contributed by atoms with Gasteiger partial charge in [0, 0.05) is 42.5 Å². The van der Waals surface area contributed by atoms with Gasteiger partial charge in [-0.15, -0.1) is 0 Å². The molecule has 6 heteroatoms. The van der Waals surface area contributed by atoms with E-state index in [2.05, 4.69) is 24.4 Å². The van der Waals surface area contributed by atoms with E-state index in [-0.39, 0.29) is 23.7 Å². The zero-order valence-electron chi connectivity index (χ0n) is 19.4. The molecule has 2 atom stereocenters. The second kappa shape index (κ2) is 10.0. The average Bonchev–Trinajstić information content (AvgIpc) is 2.76. The van der Waals surface area contributed by atoms with Crippen molar-refractivity contribution in [2.24, 2.45) is 0 Å². The molecule has 2 heterocycles. The lowest BCUT2D eigenvalue weighted by atomic mass is 9.93. The largest absolute Gasteiger partial charge is 0.356 e. The predicted octanol–water partition coefficient (Wildman–Crippen LogP) is 3.59. The first-order chi connectivity index (χ1) is 14.8. The van der Waals surface area contributed by atoms with Crippen LogP contribution < -0.4 is 5.32 Å². The van der Waals surface area contributed by atoms with Crippen LogP contribution in [0.5, 0.6) is 0 Å². The third kappa shape index (κ3) is 5.49. The van der Waals surface area contributed by atoms with Crippen molar-refractivity contribution in [3.8, 4) is 0 Å². The first-order valence-corrected chi connectivity index (χ1v) is 11.3. The maximum atomic E-state index is 13.2. The third-order valence-electron chi connectivity index (χ3n) is 6.20. The van der Waals surface area contributed by atoms with Gasteiger partial charge in [-0.25, -0.2) is 9.97 Å². The molecule has 6 nitrogen and oxygen atoms in total. The fraction of sp³-hybridized carbons (Fsp3) is 0.520. The number of hydrogen-bond acceptors (Lipinski definition) is 4. The van der Waals surface area contributed by atoms with Gasteiger partial charge in [-0.05, 0) is 53.0 Å². The molecule has 0 unspecified atom stereocenters. The molecule has 0 saturated carbocycles. The summed E-state index contributed by atoms with van der Waals surface area (Å²) in [5.74, 6) is 0.900. The van der Waals surface area contributed by atoms with Crippen molar-refractivity contribution >= 4 is 11.8 Å². The molecule has 1 N–H and O–H groups in total. The molecule has 1 aliphatic heterocycles. The quantitative estimate of drug-likeness (QED) is 0.772. The summed E-state index contributed by atoms with van der Waals surface area (Å²) in [6, 6.07) is 8.20. The molecule has 1 aromatic heterocycles. The standard InChI is InChI=1S/C25H34N4O2/c1-6-26-23(30)14-22-18(4)27-24(28-19(22)5)21-8-7-13-29(15-21)25(31)17(3)20-11-9-16(2)10-12-20/h9-12,17,21H,6-8,13-15H2,1-5H3,(H,26,30)/t17-,21+/m1/s1. The zero-order valence-corrected chi connectivity index (χ0v) is 19.4. The van der Waals surface area contributed by atoms with E-state index in [9.17, 15) is 9.59 Å². The molecule has 1 fully saturated rings. The number of benzene rings is 1. The zero-order chi connectivity index (χ0) is 22.5. The Morgan fingerprint density at radius 3 is 2.39 bits per heavy atom. The van der Waals surface area contributed by atoms with Gasteiger partial charge in [0.15, 0.2) is 0 Å². The lowest BCUT2D eigenvalue weighted by Crippen LogP contribution is -2.41. The topological polar surface area (TPSA) is 75.2 Å². The number of rotatable bonds is 6. The van der Waals surface area contributed by atoms with Gasteiger partial charge in [0.1, 0.15) is 5.82 Å². The Kier molecular flexibility index (Phi) is 7.42. The lowest BCUT2D eigenvalue weighted by molar-refractivity contribution is -0.133. The Labute approximate surface area is 185 Å².